The lowest BCUT2D eigenvalue weighted by Gasteiger charge is -2.05. The highest BCUT2D eigenvalue weighted by atomic mass is 35.5. The molecule has 16 heavy (non-hydrogen) atoms. The third kappa shape index (κ3) is 1.72. The molecule has 82 valence electrons. The lowest BCUT2D eigenvalue weighted by atomic mass is 10.1. The second-order valence-electron chi connectivity index (χ2n) is 3.41. The molecule has 0 bridgehead atoms. The Bertz CT molecular complexity index is 596. The third-order valence-corrected chi connectivity index (χ3v) is 3.13. The maximum atomic E-state index is 10.9. The lowest BCUT2D eigenvalue weighted by molar-refractivity contribution is 0.0697. The zero-order valence-corrected chi connectivity index (χ0v) is 9.80. The van der Waals surface area contributed by atoms with E-state index in [0.717, 1.165) is 5.56 Å². The molecule has 1 N–H and O–H groups in total. The van der Waals surface area contributed by atoms with E-state index in [4.69, 9.17) is 28.3 Å². The van der Waals surface area contributed by atoms with Gasteiger partial charge in [-0.1, -0.05) is 23.2 Å². The van der Waals surface area contributed by atoms with E-state index in [1.807, 2.05) is 6.92 Å². The Labute approximate surface area is 102 Å². The fraction of sp³-hybridized carbons (Fsp3) is 0.0909. The molecule has 0 aliphatic heterocycles. The van der Waals surface area contributed by atoms with Crippen LogP contribution >= 0.6 is 23.2 Å². The van der Waals surface area contributed by atoms with Crippen molar-refractivity contribution in [2.75, 3.05) is 0 Å². The number of pyridine rings is 1. The van der Waals surface area contributed by atoms with E-state index in [2.05, 4.69) is 4.98 Å². The van der Waals surface area contributed by atoms with Crippen molar-refractivity contribution in [3.8, 4) is 0 Å². The zero-order chi connectivity index (χ0) is 11.9. The Hall–Kier alpha value is -1.32. The zero-order valence-electron chi connectivity index (χ0n) is 8.29. The summed E-state index contributed by atoms with van der Waals surface area (Å²) in [6.45, 7) is 1.82. The number of benzene rings is 1. The predicted octanol–water partition coefficient (Wildman–Crippen LogP) is 3.55. The topological polar surface area (TPSA) is 50.2 Å². The minimum atomic E-state index is -1.09. The summed E-state index contributed by atoms with van der Waals surface area (Å²) in [5, 5.41) is 10.3. The number of fused-ring (bicyclic) bond motifs is 1. The van der Waals surface area contributed by atoms with E-state index >= 15 is 0 Å². The Morgan fingerprint density at radius 2 is 2.06 bits per heavy atom. The van der Waals surface area contributed by atoms with Crippen LogP contribution in [0.5, 0.6) is 0 Å². The van der Waals surface area contributed by atoms with Crippen LogP contribution in [0.4, 0.5) is 0 Å². The smallest absolute Gasteiger partial charge is 0.338 e. The molecule has 0 fully saturated rings. The molecule has 1 heterocycles. The van der Waals surface area contributed by atoms with Gasteiger partial charge in [-0.3, -0.25) is 4.98 Å². The van der Waals surface area contributed by atoms with Crippen molar-refractivity contribution < 1.29 is 9.90 Å². The van der Waals surface area contributed by atoms with Crippen molar-refractivity contribution in [3.05, 3.63) is 39.5 Å². The van der Waals surface area contributed by atoms with Gasteiger partial charge in [-0.15, -0.1) is 0 Å². The minimum Gasteiger partial charge on any atom is -0.478 e. The molecule has 0 amide bonds. The van der Waals surface area contributed by atoms with Crippen molar-refractivity contribution in [1.29, 1.82) is 0 Å². The summed E-state index contributed by atoms with van der Waals surface area (Å²) in [6.07, 6.45) is 1.23. The van der Waals surface area contributed by atoms with Crippen molar-refractivity contribution in [2.45, 2.75) is 6.92 Å². The molecular weight excluding hydrogens is 249 g/mol. The quantitative estimate of drug-likeness (QED) is 0.848. The van der Waals surface area contributed by atoms with E-state index in [1.165, 1.54) is 6.20 Å². The number of carboxylic acid groups (broad SMARTS) is 1. The number of rotatable bonds is 1. The van der Waals surface area contributed by atoms with E-state index in [0.29, 0.717) is 15.9 Å². The third-order valence-electron chi connectivity index (χ3n) is 2.31. The van der Waals surface area contributed by atoms with Crippen LogP contribution in [0.25, 0.3) is 10.9 Å². The average Bonchev–Trinajstić information content (AvgIpc) is 2.21. The lowest BCUT2D eigenvalue weighted by Crippen LogP contribution is -1.99. The molecule has 0 saturated heterocycles. The number of carboxylic acids is 1. The number of hydrogen-bond acceptors (Lipinski definition) is 2. The molecule has 0 unspecified atom stereocenters. The molecule has 3 nitrogen and oxygen atoms in total. The minimum absolute atomic E-state index is 0.00381. The van der Waals surface area contributed by atoms with Crippen LogP contribution in [0.3, 0.4) is 0 Å². The predicted molar refractivity (Wildman–Crippen MR) is 63.5 cm³/mol. The van der Waals surface area contributed by atoms with Crippen molar-refractivity contribution in [3.63, 3.8) is 0 Å². The summed E-state index contributed by atoms with van der Waals surface area (Å²) < 4.78 is 0. The molecule has 1 aromatic heterocycles. The van der Waals surface area contributed by atoms with Crippen LogP contribution in [0.1, 0.15) is 15.9 Å². The first-order valence-electron chi connectivity index (χ1n) is 4.48. The maximum Gasteiger partial charge on any atom is 0.338 e. The second-order valence-corrected chi connectivity index (χ2v) is 4.19. The SMILES string of the molecule is Cc1cc2c(Cl)c(C(=O)O)cnc2cc1Cl. The highest BCUT2D eigenvalue weighted by Gasteiger charge is 2.13. The number of hydrogen-bond donors (Lipinski definition) is 1. The van der Waals surface area contributed by atoms with Crippen LogP contribution in [-0.2, 0) is 0 Å². The van der Waals surface area contributed by atoms with Gasteiger partial charge in [-0.25, -0.2) is 4.79 Å². The van der Waals surface area contributed by atoms with E-state index in [1.54, 1.807) is 12.1 Å². The molecule has 0 aliphatic carbocycles. The molecule has 0 spiro atoms. The fourth-order valence-corrected chi connectivity index (χ4v) is 1.88. The van der Waals surface area contributed by atoms with Gasteiger partial charge in [0.25, 0.3) is 0 Å². The Balaban J connectivity index is 2.84. The van der Waals surface area contributed by atoms with E-state index in [9.17, 15) is 4.79 Å². The van der Waals surface area contributed by atoms with Gasteiger partial charge in [0.2, 0.25) is 0 Å². The van der Waals surface area contributed by atoms with E-state index in [-0.39, 0.29) is 10.6 Å². The molecule has 0 radical (unpaired) electrons. The Morgan fingerprint density at radius 1 is 1.38 bits per heavy atom. The summed E-state index contributed by atoms with van der Waals surface area (Å²) in [6, 6.07) is 3.41. The monoisotopic (exact) mass is 255 g/mol. The molecule has 1 aromatic carbocycles. The van der Waals surface area contributed by atoms with Crippen molar-refractivity contribution in [2.24, 2.45) is 0 Å². The molecule has 0 atom stereocenters. The fourth-order valence-electron chi connectivity index (χ4n) is 1.44. The van der Waals surface area contributed by atoms with Crippen LogP contribution in [0.2, 0.25) is 10.0 Å². The number of aromatic nitrogens is 1. The highest BCUT2D eigenvalue weighted by Crippen LogP contribution is 2.29. The number of carbonyl (C=O) groups is 1. The molecule has 0 aliphatic rings. The maximum absolute atomic E-state index is 10.9. The van der Waals surface area contributed by atoms with Crippen LogP contribution in [-0.4, -0.2) is 16.1 Å². The first kappa shape index (κ1) is 11.2. The summed E-state index contributed by atoms with van der Waals surface area (Å²) in [7, 11) is 0. The summed E-state index contributed by atoms with van der Waals surface area (Å²) in [5.41, 5.74) is 1.42. The van der Waals surface area contributed by atoms with Gasteiger partial charge in [-0.2, -0.15) is 0 Å². The second kappa shape index (κ2) is 3.92. The summed E-state index contributed by atoms with van der Waals surface area (Å²) in [4.78, 5) is 14.9. The van der Waals surface area contributed by atoms with E-state index < -0.39 is 5.97 Å². The number of halogens is 2. The largest absolute Gasteiger partial charge is 0.478 e. The van der Waals surface area contributed by atoms with Gasteiger partial charge in [0.15, 0.2) is 0 Å². The van der Waals surface area contributed by atoms with Crippen LogP contribution < -0.4 is 0 Å². The van der Waals surface area contributed by atoms with Crippen molar-refractivity contribution in [1.82, 2.24) is 4.98 Å². The average molecular weight is 256 g/mol. The summed E-state index contributed by atoms with van der Waals surface area (Å²) >= 11 is 11.9. The Kier molecular flexibility index (Phi) is 2.74. The molecule has 5 heteroatoms. The van der Waals surface area contributed by atoms with Gasteiger partial charge in [0, 0.05) is 16.6 Å². The first-order chi connectivity index (χ1) is 7.50. The Morgan fingerprint density at radius 3 is 2.69 bits per heavy atom. The number of aryl methyl sites for hydroxylation is 1. The molecular formula is C11H7Cl2NO2. The van der Waals surface area contributed by atoms with Gasteiger partial charge in [0.1, 0.15) is 0 Å². The van der Waals surface area contributed by atoms with Crippen molar-refractivity contribution >= 4 is 40.1 Å². The van der Waals surface area contributed by atoms with Gasteiger partial charge >= 0.3 is 5.97 Å². The van der Waals surface area contributed by atoms with Crippen LogP contribution in [0.15, 0.2) is 18.3 Å². The highest BCUT2D eigenvalue weighted by molar-refractivity contribution is 6.38. The van der Waals surface area contributed by atoms with Crippen LogP contribution in [0, 0.1) is 6.92 Å². The van der Waals surface area contributed by atoms with Gasteiger partial charge in [0.05, 0.1) is 16.1 Å². The first-order valence-corrected chi connectivity index (χ1v) is 5.24. The number of nitrogens with zero attached hydrogens (tertiary/aromatic N) is 1. The molecule has 0 saturated carbocycles. The standard InChI is InChI=1S/C11H7Cl2NO2/c1-5-2-6-9(3-8(5)12)14-4-7(10(6)13)11(15)16/h2-4H,1H3,(H,15,16). The molecule has 2 aromatic rings. The van der Waals surface area contributed by atoms with Gasteiger partial charge < -0.3 is 5.11 Å². The number of aromatic carboxylic acids is 1. The normalized spacial score (nSPS) is 10.7. The molecule has 2 rings (SSSR count). The van der Waals surface area contributed by atoms with Gasteiger partial charge in [-0.05, 0) is 24.6 Å². The summed E-state index contributed by atoms with van der Waals surface area (Å²) in [5.74, 6) is -1.09.